The molecule has 0 aliphatic heterocycles. The lowest BCUT2D eigenvalue weighted by atomic mass is 10.1. The van der Waals surface area contributed by atoms with E-state index in [1.54, 1.807) is 26.8 Å². The van der Waals surface area contributed by atoms with Gasteiger partial charge in [-0.25, -0.2) is 9.59 Å². The molecular weight excluding hydrogens is 304 g/mol. The molecule has 0 radical (unpaired) electrons. The molecule has 0 spiro atoms. The fourth-order valence-corrected chi connectivity index (χ4v) is 2.61. The first-order chi connectivity index (χ1) is 9.99. The van der Waals surface area contributed by atoms with Gasteiger partial charge in [-0.05, 0) is 47.6 Å². The smallest absolute Gasteiger partial charge is 0.340 e. The number of imide groups is 1. The van der Waals surface area contributed by atoms with Crippen molar-refractivity contribution in [3.63, 3.8) is 0 Å². The molecule has 0 aromatic carbocycles. The summed E-state index contributed by atoms with van der Waals surface area (Å²) >= 11 is 1.48. The number of carbonyl (C=O) groups is 3. The summed E-state index contributed by atoms with van der Waals surface area (Å²) in [6.07, 6.45) is -1.06. The molecule has 2 N–H and O–H groups in total. The van der Waals surface area contributed by atoms with Gasteiger partial charge in [0.1, 0.15) is 0 Å². The Morgan fingerprint density at radius 3 is 2.27 bits per heavy atom. The quantitative estimate of drug-likeness (QED) is 0.836. The van der Waals surface area contributed by atoms with Crippen LogP contribution in [0.25, 0.3) is 0 Å². The first-order valence-corrected chi connectivity index (χ1v) is 7.72. The molecule has 0 aliphatic rings. The monoisotopic (exact) mass is 326 g/mol. The number of hydrogen-bond acceptors (Lipinski definition) is 5. The Kier molecular flexibility index (Phi) is 5.71. The summed E-state index contributed by atoms with van der Waals surface area (Å²) in [4.78, 5) is 37.3. The van der Waals surface area contributed by atoms with Crippen LogP contribution in [0.4, 0.5) is 4.79 Å². The highest BCUT2D eigenvalue weighted by Crippen LogP contribution is 2.21. The van der Waals surface area contributed by atoms with Gasteiger partial charge in [-0.2, -0.15) is 0 Å². The number of esters is 1. The van der Waals surface area contributed by atoms with Gasteiger partial charge < -0.3 is 10.1 Å². The number of rotatable bonds is 3. The normalized spacial score (nSPS) is 12.5. The second-order valence-electron chi connectivity index (χ2n) is 6.07. The van der Waals surface area contributed by atoms with E-state index in [9.17, 15) is 14.4 Å². The van der Waals surface area contributed by atoms with Crippen molar-refractivity contribution in [3.8, 4) is 0 Å². The second kappa shape index (κ2) is 6.91. The maximum Gasteiger partial charge on any atom is 0.340 e. The van der Waals surface area contributed by atoms with Crippen molar-refractivity contribution < 1.29 is 19.1 Å². The first kappa shape index (κ1) is 18.2. The summed E-state index contributed by atoms with van der Waals surface area (Å²) in [7, 11) is 0. The lowest BCUT2D eigenvalue weighted by Crippen LogP contribution is -2.50. The predicted molar refractivity (Wildman–Crippen MR) is 85.1 cm³/mol. The van der Waals surface area contributed by atoms with E-state index in [1.807, 2.05) is 13.8 Å². The molecule has 0 aliphatic carbocycles. The highest BCUT2D eigenvalue weighted by molar-refractivity contribution is 7.12. The molecule has 7 heteroatoms. The molecule has 0 bridgehead atoms. The van der Waals surface area contributed by atoms with Gasteiger partial charge in [0.2, 0.25) is 0 Å². The Labute approximate surface area is 134 Å². The summed E-state index contributed by atoms with van der Waals surface area (Å²) in [6.45, 7) is 10.5. The summed E-state index contributed by atoms with van der Waals surface area (Å²) in [5.74, 6) is -1.24. The third kappa shape index (κ3) is 5.48. The van der Waals surface area contributed by atoms with Crippen LogP contribution in [0.2, 0.25) is 0 Å². The molecular formula is C15H22N2O4S. The second-order valence-corrected chi connectivity index (χ2v) is 7.53. The minimum atomic E-state index is -1.06. The highest BCUT2D eigenvalue weighted by Gasteiger charge is 2.23. The lowest BCUT2D eigenvalue weighted by Gasteiger charge is -2.21. The van der Waals surface area contributed by atoms with Gasteiger partial charge in [-0.3, -0.25) is 10.1 Å². The minimum absolute atomic E-state index is 0.446. The summed E-state index contributed by atoms with van der Waals surface area (Å²) < 4.78 is 5.10. The third-order valence-corrected chi connectivity index (χ3v) is 3.61. The highest BCUT2D eigenvalue weighted by atomic mass is 32.1. The van der Waals surface area contributed by atoms with Crippen LogP contribution in [0.1, 0.15) is 47.8 Å². The number of aryl methyl sites for hydroxylation is 2. The largest absolute Gasteiger partial charge is 0.449 e. The molecule has 1 aromatic heterocycles. The van der Waals surface area contributed by atoms with Crippen molar-refractivity contribution in [1.29, 1.82) is 0 Å². The van der Waals surface area contributed by atoms with Crippen molar-refractivity contribution in [2.75, 3.05) is 0 Å². The van der Waals surface area contributed by atoms with E-state index >= 15 is 0 Å². The molecule has 0 saturated heterocycles. The molecule has 3 amide bonds. The van der Waals surface area contributed by atoms with E-state index in [1.165, 1.54) is 18.3 Å². The standard InChI is InChI=1S/C15H22N2O4S/c1-8-7-11(10(3)22-8)13(19)21-9(2)12(18)16-14(20)17-15(4,5)6/h7,9H,1-6H3,(H2,16,17,18,20). The van der Waals surface area contributed by atoms with Crippen molar-refractivity contribution >= 4 is 29.2 Å². The van der Waals surface area contributed by atoms with Gasteiger partial charge in [0, 0.05) is 15.3 Å². The number of nitrogens with one attached hydrogen (secondary N) is 2. The number of urea groups is 1. The van der Waals surface area contributed by atoms with Crippen LogP contribution in [0.3, 0.4) is 0 Å². The average molecular weight is 326 g/mol. The maximum absolute atomic E-state index is 12.0. The van der Waals surface area contributed by atoms with Crippen LogP contribution in [-0.2, 0) is 9.53 Å². The molecule has 0 fully saturated rings. The Hall–Kier alpha value is -1.89. The van der Waals surface area contributed by atoms with Crippen LogP contribution in [0.5, 0.6) is 0 Å². The molecule has 1 aromatic rings. The molecule has 1 atom stereocenters. The molecule has 1 heterocycles. The molecule has 1 rings (SSSR count). The van der Waals surface area contributed by atoms with Crippen molar-refractivity contribution in [2.45, 2.75) is 53.2 Å². The Balaban J connectivity index is 2.59. The molecule has 6 nitrogen and oxygen atoms in total. The Morgan fingerprint density at radius 2 is 1.82 bits per heavy atom. The molecule has 1 unspecified atom stereocenters. The number of carbonyl (C=O) groups excluding carboxylic acids is 3. The van der Waals surface area contributed by atoms with E-state index in [-0.39, 0.29) is 0 Å². The maximum atomic E-state index is 12.0. The van der Waals surface area contributed by atoms with Crippen molar-refractivity contribution in [1.82, 2.24) is 10.6 Å². The Morgan fingerprint density at radius 1 is 1.23 bits per heavy atom. The van der Waals surface area contributed by atoms with E-state index in [0.717, 1.165) is 9.75 Å². The van der Waals surface area contributed by atoms with Gasteiger partial charge in [0.25, 0.3) is 5.91 Å². The van der Waals surface area contributed by atoms with Crippen molar-refractivity contribution in [3.05, 3.63) is 21.4 Å². The SMILES string of the molecule is Cc1cc(C(=O)OC(C)C(=O)NC(=O)NC(C)(C)C)c(C)s1. The van der Waals surface area contributed by atoms with Crippen LogP contribution in [0, 0.1) is 13.8 Å². The van der Waals surface area contributed by atoms with Gasteiger partial charge in [0.15, 0.2) is 6.10 Å². The van der Waals surface area contributed by atoms with Crippen LogP contribution >= 0.6 is 11.3 Å². The van der Waals surface area contributed by atoms with Crippen LogP contribution < -0.4 is 10.6 Å². The fourth-order valence-electron chi connectivity index (χ4n) is 1.70. The fraction of sp³-hybridized carbons (Fsp3) is 0.533. The number of amides is 3. The molecule has 0 saturated carbocycles. The average Bonchev–Trinajstić information content (AvgIpc) is 2.65. The zero-order valence-corrected chi connectivity index (χ0v) is 14.5. The summed E-state index contributed by atoms with van der Waals surface area (Å²) in [6, 6.07) is 1.10. The van der Waals surface area contributed by atoms with E-state index < -0.39 is 29.6 Å². The number of hydrogen-bond donors (Lipinski definition) is 2. The van der Waals surface area contributed by atoms with Crippen molar-refractivity contribution in [2.24, 2.45) is 0 Å². The zero-order chi connectivity index (χ0) is 17.1. The van der Waals surface area contributed by atoms with Crippen LogP contribution in [-0.4, -0.2) is 29.6 Å². The topological polar surface area (TPSA) is 84.5 Å². The summed E-state index contributed by atoms with van der Waals surface area (Å²) in [5.41, 5.74) is -0.0171. The van der Waals surface area contributed by atoms with E-state index in [2.05, 4.69) is 10.6 Å². The Bertz CT molecular complexity index is 587. The van der Waals surface area contributed by atoms with Gasteiger partial charge in [-0.1, -0.05) is 0 Å². The predicted octanol–water partition coefficient (Wildman–Crippen LogP) is 2.53. The zero-order valence-electron chi connectivity index (χ0n) is 13.7. The summed E-state index contributed by atoms with van der Waals surface area (Å²) in [5, 5.41) is 4.74. The third-order valence-electron chi connectivity index (χ3n) is 2.64. The number of thiophene rings is 1. The van der Waals surface area contributed by atoms with Gasteiger partial charge in [-0.15, -0.1) is 11.3 Å². The number of ether oxygens (including phenoxy) is 1. The van der Waals surface area contributed by atoms with E-state index in [0.29, 0.717) is 5.56 Å². The molecule has 22 heavy (non-hydrogen) atoms. The minimum Gasteiger partial charge on any atom is -0.449 e. The van der Waals surface area contributed by atoms with E-state index in [4.69, 9.17) is 4.74 Å². The van der Waals surface area contributed by atoms with Gasteiger partial charge >= 0.3 is 12.0 Å². The first-order valence-electron chi connectivity index (χ1n) is 6.90. The lowest BCUT2D eigenvalue weighted by molar-refractivity contribution is -0.127. The molecule has 122 valence electrons. The van der Waals surface area contributed by atoms with Crippen LogP contribution in [0.15, 0.2) is 6.07 Å². The van der Waals surface area contributed by atoms with Gasteiger partial charge in [0.05, 0.1) is 5.56 Å².